The molecule has 156 valence electrons. The van der Waals surface area contributed by atoms with Crippen LogP contribution in [0.4, 0.5) is 0 Å². The SMILES string of the molecule is CCCCCCCCCCCCOC(C)(C)CCOC(C)(C)CC(=O)O. The fraction of sp³-hybridized carbons (Fsp3) is 0.955. The van der Waals surface area contributed by atoms with Crippen molar-refractivity contribution in [1.82, 2.24) is 0 Å². The van der Waals surface area contributed by atoms with Crippen LogP contribution >= 0.6 is 0 Å². The highest BCUT2D eigenvalue weighted by Crippen LogP contribution is 2.20. The second kappa shape index (κ2) is 14.4. The van der Waals surface area contributed by atoms with E-state index in [1.807, 2.05) is 13.8 Å². The monoisotopic (exact) mass is 372 g/mol. The molecule has 0 bridgehead atoms. The summed E-state index contributed by atoms with van der Waals surface area (Å²) in [5, 5.41) is 8.87. The first-order valence-electron chi connectivity index (χ1n) is 10.7. The van der Waals surface area contributed by atoms with E-state index in [9.17, 15) is 4.79 Å². The molecule has 4 nitrogen and oxygen atoms in total. The zero-order valence-corrected chi connectivity index (χ0v) is 18.1. The number of ether oxygens (including phenoxy) is 2. The first-order valence-corrected chi connectivity index (χ1v) is 10.7. The number of carbonyl (C=O) groups is 1. The smallest absolute Gasteiger partial charge is 0.306 e. The molecule has 0 amide bonds. The molecule has 4 heteroatoms. The van der Waals surface area contributed by atoms with Crippen LogP contribution in [0.2, 0.25) is 0 Å². The molecule has 0 aliphatic carbocycles. The summed E-state index contributed by atoms with van der Waals surface area (Å²) in [5.41, 5.74) is -0.850. The lowest BCUT2D eigenvalue weighted by Gasteiger charge is -2.29. The Labute approximate surface area is 162 Å². The van der Waals surface area contributed by atoms with E-state index in [4.69, 9.17) is 14.6 Å². The van der Waals surface area contributed by atoms with Gasteiger partial charge in [-0.05, 0) is 40.5 Å². The van der Waals surface area contributed by atoms with Crippen molar-refractivity contribution in [2.75, 3.05) is 13.2 Å². The number of hydrogen-bond acceptors (Lipinski definition) is 3. The molecule has 0 aromatic carbocycles. The molecule has 1 N–H and O–H groups in total. The van der Waals surface area contributed by atoms with Crippen LogP contribution in [-0.4, -0.2) is 35.5 Å². The minimum atomic E-state index is -0.827. The van der Waals surface area contributed by atoms with E-state index in [2.05, 4.69) is 20.8 Å². The molecule has 0 saturated heterocycles. The standard InChI is InChI=1S/C22H44O4/c1-6-7-8-9-10-11-12-13-14-15-17-25-21(2,3)16-18-26-22(4,5)19-20(23)24/h6-19H2,1-5H3,(H,23,24). The number of unbranched alkanes of at least 4 members (excludes halogenated alkanes) is 9. The summed E-state index contributed by atoms with van der Waals surface area (Å²) in [6.45, 7) is 11.4. The van der Waals surface area contributed by atoms with E-state index in [1.165, 1.54) is 57.8 Å². The van der Waals surface area contributed by atoms with Gasteiger partial charge in [-0.2, -0.15) is 0 Å². The molecule has 0 spiro atoms. The van der Waals surface area contributed by atoms with Crippen molar-refractivity contribution in [3.63, 3.8) is 0 Å². The zero-order chi connectivity index (χ0) is 19.9. The van der Waals surface area contributed by atoms with Crippen LogP contribution in [0.3, 0.4) is 0 Å². The van der Waals surface area contributed by atoms with Crippen molar-refractivity contribution in [3.8, 4) is 0 Å². The quantitative estimate of drug-likeness (QED) is 0.284. The highest BCUT2D eigenvalue weighted by atomic mass is 16.5. The zero-order valence-electron chi connectivity index (χ0n) is 18.1. The Morgan fingerprint density at radius 3 is 1.69 bits per heavy atom. The van der Waals surface area contributed by atoms with Gasteiger partial charge in [0.05, 0.1) is 24.2 Å². The summed E-state index contributed by atoms with van der Waals surface area (Å²) < 4.78 is 11.7. The van der Waals surface area contributed by atoms with E-state index in [0.29, 0.717) is 6.61 Å². The van der Waals surface area contributed by atoms with Gasteiger partial charge in [-0.15, -0.1) is 0 Å². The Morgan fingerprint density at radius 2 is 1.19 bits per heavy atom. The molecule has 0 aliphatic heterocycles. The minimum absolute atomic E-state index is 0.0207. The fourth-order valence-electron chi connectivity index (χ4n) is 3.00. The van der Waals surface area contributed by atoms with Crippen LogP contribution in [0.25, 0.3) is 0 Å². The number of carboxylic acid groups (broad SMARTS) is 1. The van der Waals surface area contributed by atoms with Crippen LogP contribution in [0, 0.1) is 0 Å². The van der Waals surface area contributed by atoms with Gasteiger partial charge in [-0.1, -0.05) is 64.7 Å². The Balaban J connectivity index is 3.59. The first kappa shape index (κ1) is 25.4. The Hall–Kier alpha value is -0.610. The molecular formula is C22H44O4. The van der Waals surface area contributed by atoms with Crippen molar-refractivity contribution < 1.29 is 19.4 Å². The van der Waals surface area contributed by atoms with Crippen molar-refractivity contribution >= 4 is 5.97 Å². The number of carboxylic acids is 1. The van der Waals surface area contributed by atoms with Gasteiger partial charge in [0.15, 0.2) is 0 Å². The highest BCUT2D eigenvalue weighted by Gasteiger charge is 2.24. The Kier molecular flexibility index (Phi) is 14.1. The van der Waals surface area contributed by atoms with Crippen LogP contribution in [0.15, 0.2) is 0 Å². The van der Waals surface area contributed by atoms with E-state index < -0.39 is 11.6 Å². The number of rotatable bonds is 18. The van der Waals surface area contributed by atoms with Crippen LogP contribution in [0.5, 0.6) is 0 Å². The molecule has 0 aromatic heterocycles. The lowest BCUT2D eigenvalue weighted by molar-refractivity contribution is -0.144. The normalized spacial score (nSPS) is 12.5. The van der Waals surface area contributed by atoms with Crippen LogP contribution in [-0.2, 0) is 14.3 Å². The molecule has 0 heterocycles. The second-order valence-electron chi connectivity index (χ2n) is 8.72. The van der Waals surface area contributed by atoms with E-state index in [1.54, 1.807) is 0 Å². The largest absolute Gasteiger partial charge is 0.481 e. The van der Waals surface area contributed by atoms with Gasteiger partial charge in [-0.25, -0.2) is 0 Å². The van der Waals surface area contributed by atoms with Gasteiger partial charge in [-0.3, -0.25) is 4.79 Å². The molecule has 26 heavy (non-hydrogen) atoms. The predicted molar refractivity (Wildman–Crippen MR) is 109 cm³/mol. The molecule has 0 aromatic rings. The van der Waals surface area contributed by atoms with Gasteiger partial charge >= 0.3 is 5.97 Å². The molecule has 0 radical (unpaired) electrons. The summed E-state index contributed by atoms with van der Waals surface area (Å²) in [6, 6.07) is 0. The number of aliphatic carboxylic acids is 1. The lowest BCUT2D eigenvalue weighted by Crippen LogP contribution is -2.32. The molecule has 0 saturated carbocycles. The maximum Gasteiger partial charge on any atom is 0.306 e. The Bertz CT molecular complexity index is 350. The number of hydrogen-bond donors (Lipinski definition) is 1. The van der Waals surface area contributed by atoms with Crippen molar-refractivity contribution in [2.24, 2.45) is 0 Å². The molecule has 0 fully saturated rings. The minimum Gasteiger partial charge on any atom is -0.481 e. The summed E-state index contributed by atoms with van der Waals surface area (Å²) in [7, 11) is 0. The van der Waals surface area contributed by atoms with Crippen molar-refractivity contribution in [1.29, 1.82) is 0 Å². The van der Waals surface area contributed by atoms with Gasteiger partial charge in [0, 0.05) is 6.61 Å². The molecule has 0 unspecified atom stereocenters. The van der Waals surface area contributed by atoms with Gasteiger partial charge < -0.3 is 14.6 Å². The topological polar surface area (TPSA) is 55.8 Å². The van der Waals surface area contributed by atoms with E-state index in [0.717, 1.165) is 19.4 Å². The fourth-order valence-corrected chi connectivity index (χ4v) is 3.00. The third kappa shape index (κ3) is 16.8. The second-order valence-corrected chi connectivity index (χ2v) is 8.72. The average Bonchev–Trinajstić information content (AvgIpc) is 2.50. The summed E-state index contributed by atoms with van der Waals surface area (Å²) in [5.74, 6) is -0.827. The third-order valence-corrected chi connectivity index (χ3v) is 4.76. The van der Waals surface area contributed by atoms with Gasteiger partial charge in [0.1, 0.15) is 0 Å². The van der Waals surface area contributed by atoms with Crippen molar-refractivity contribution in [3.05, 3.63) is 0 Å². The van der Waals surface area contributed by atoms with Crippen molar-refractivity contribution in [2.45, 2.75) is 123 Å². The average molecular weight is 373 g/mol. The predicted octanol–water partition coefficient (Wildman–Crippen LogP) is 6.36. The van der Waals surface area contributed by atoms with E-state index in [-0.39, 0.29) is 12.0 Å². The molecular weight excluding hydrogens is 328 g/mol. The molecule has 0 aliphatic rings. The third-order valence-electron chi connectivity index (χ3n) is 4.76. The molecule has 0 rings (SSSR count). The van der Waals surface area contributed by atoms with Gasteiger partial charge in [0.2, 0.25) is 0 Å². The highest BCUT2D eigenvalue weighted by molar-refractivity contribution is 5.67. The lowest BCUT2D eigenvalue weighted by atomic mass is 10.0. The van der Waals surface area contributed by atoms with Crippen LogP contribution in [0.1, 0.15) is 112 Å². The maximum absolute atomic E-state index is 10.8. The summed E-state index contributed by atoms with van der Waals surface area (Å²) >= 11 is 0. The summed E-state index contributed by atoms with van der Waals surface area (Å²) in [4.78, 5) is 10.8. The maximum atomic E-state index is 10.8. The van der Waals surface area contributed by atoms with E-state index >= 15 is 0 Å². The van der Waals surface area contributed by atoms with Crippen LogP contribution < -0.4 is 0 Å². The summed E-state index contributed by atoms with van der Waals surface area (Å²) in [6.07, 6.45) is 14.1. The first-order chi connectivity index (χ1) is 12.2. The van der Waals surface area contributed by atoms with Gasteiger partial charge in [0.25, 0.3) is 0 Å². The Morgan fingerprint density at radius 1 is 0.731 bits per heavy atom. The molecule has 0 atom stereocenters.